The zero-order valence-electron chi connectivity index (χ0n) is 13.2. The molecule has 0 bridgehead atoms. The van der Waals surface area contributed by atoms with Gasteiger partial charge in [0, 0.05) is 5.56 Å². The van der Waals surface area contributed by atoms with Crippen molar-refractivity contribution in [1.82, 2.24) is 0 Å². The summed E-state index contributed by atoms with van der Waals surface area (Å²) in [6.07, 6.45) is 0.674. The van der Waals surface area contributed by atoms with Crippen LogP contribution in [0.1, 0.15) is 31.1 Å². The fraction of sp³-hybridized carbons (Fsp3) is 0.625. The molecule has 5 heteroatoms. The molecule has 0 saturated heterocycles. The van der Waals surface area contributed by atoms with Crippen molar-refractivity contribution in [1.29, 1.82) is 0 Å². The summed E-state index contributed by atoms with van der Waals surface area (Å²) < 4.78 is 22.5. The first kappa shape index (κ1) is 16.2. The van der Waals surface area contributed by atoms with Crippen LogP contribution in [0.3, 0.4) is 0 Å². The average molecular weight is 315 g/mol. The van der Waals surface area contributed by atoms with Gasteiger partial charge in [-0.1, -0.05) is 6.92 Å². The lowest BCUT2D eigenvalue weighted by Crippen LogP contribution is -2.16. The zero-order valence-corrected chi connectivity index (χ0v) is 14.0. The van der Waals surface area contributed by atoms with Gasteiger partial charge in [0.15, 0.2) is 11.5 Å². The molecule has 0 saturated carbocycles. The summed E-state index contributed by atoms with van der Waals surface area (Å²) in [6, 6.07) is 2.01. The van der Waals surface area contributed by atoms with Gasteiger partial charge in [-0.15, -0.1) is 11.6 Å². The van der Waals surface area contributed by atoms with E-state index in [1.807, 2.05) is 13.0 Å². The van der Waals surface area contributed by atoms with E-state index < -0.39 is 0 Å². The normalized spacial score (nSPS) is 23.0. The number of alkyl halides is 1. The SMILES string of the molecule is COc1cc2c(c(OC)c1OC)C(C(C)Cl)OCC(C)C2. The van der Waals surface area contributed by atoms with E-state index in [2.05, 4.69) is 6.92 Å². The first-order chi connectivity index (χ1) is 10.0. The first-order valence-corrected chi connectivity index (χ1v) is 7.54. The lowest BCUT2D eigenvalue weighted by atomic mass is 9.93. The monoisotopic (exact) mass is 314 g/mol. The van der Waals surface area contributed by atoms with Crippen molar-refractivity contribution in [3.05, 3.63) is 17.2 Å². The van der Waals surface area contributed by atoms with E-state index in [4.69, 9.17) is 30.5 Å². The molecule has 2 rings (SSSR count). The minimum Gasteiger partial charge on any atom is -0.493 e. The molecule has 0 aromatic heterocycles. The summed E-state index contributed by atoms with van der Waals surface area (Å²) in [7, 11) is 4.86. The lowest BCUT2D eigenvalue weighted by Gasteiger charge is -2.25. The van der Waals surface area contributed by atoms with Crippen LogP contribution in [0.2, 0.25) is 0 Å². The Balaban J connectivity index is 2.69. The molecule has 0 amide bonds. The lowest BCUT2D eigenvalue weighted by molar-refractivity contribution is 0.0372. The molecule has 21 heavy (non-hydrogen) atoms. The summed E-state index contributed by atoms with van der Waals surface area (Å²) in [6.45, 7) is 4.76. The fourth-order valence-electron chi connectivity index (χ4n) is 2.86. The molecule has 1 aromatic rings. The third-order valence-electron chi connectivity index (χ3n) is 3.78. The van der Waals surface area contributed by atoms with Gasteiger partial charge in [-0.2, -0.15) is 0 Å². The fourth-order valence-corrected chi connectivity index (χ4v) is 3.06. The maximum absolute atomic E-state index is 6.35. The van der Waals surface area contributed by atoms with Crippen LogP contribution < -0.4 is 14.2 Å². The van der Waals surface area contributed by atoms with Crippen molar-refractivity contribution in [2.75, 3.05) is 27.9 Å². The van der Waals surface area contributed by atoms with E-state index in [1.165, 1.54) is 0 Å². The highest BCUT2D eigenvalue weighted by atomic mass is 35.5. The van der Waals surface area contributed by atoms with Crippen LogP contribution in [-0.4, -0.2) is 33.3 Å². The summed E-state index contributed by atoms with van der Waals surface area (Å²) in [5.74, 6) is 2.31. The molecule has 118 valence electrons. The number of rotatable bonds is 4. The maximum atomic E-state index is 6.35. The summed E-state index contributed by atoms with van der Waals surface area (Å²) in [5.41, 5.74) is 2.12. The van der Waals surface area contributed by atoms with Gasteiger partial charge in [0.2, 0.25) is 5.75 Å². The van der Waals surface area contributed by atoms with Crippen molar-refractivity contribution in [3.8, 4) is 17.2 Å². The number of hydrogen-bond donors (Lipinski definition) is 0. The smallest absolute Gasteiger partial charge is 0.203 e. The highest BCUT2D eigenvalue weighted by Gasteiger charge is 2.32. The van der Waals surface area contributed by atoms with Gasteiger partial charge in [0.05, 0.1) is 33.3 Å². The molecule has 1 aliphatic heterocycles. The summed E-state index contributed by atoms with van der Waals surface area (Å²) in [4.78, 5) is 0. The molecule has 3 atom stereocenters. The first-order valence-electron chi connectivity index (χ1n) is 7.10. The molecule has 1 heterocycles. The van der Waals surface area contributed by atoms with Gasteiger partial charge >= 0.3 is 0 Å². The Morgan fingerprint density at radius 3 is 2.38 bits per heavy atom. The number of fused-ring (bicyclic) bond motifs is 1. The summed E-state index contributed by atoms with van der Waals surface area (Å²) >= 11 is 6.35. The molecule has 1 aromatic carbocycles. The summed E-state index contributed by atoms with van der Waals surface area (Å²) in [5, 5.41) is -0.166. The zero-order chi connectivity index (χ0) is 15.6. The molecule has 0 N–H and O–H groups in total. The molecule has 0 aliphatic carbocycles. The molecule has 0 radical (unpaired) electrons. The van der Waals surface area contributed by atoms with Crippen LogP contribution in [0, 0.1) is 5.92 Å². The Labute approximate surface area is 131 Å². The van der Waals surface area contributed by atoms with Gasteiger partial charge in [0.25, 0.3) is 0 Å². The predicted octanol–water partition coefficient (Wildman–Crippen LogP) is 3.59. The van der Waals surface area contributed by atoms with Crippen molar-refractivity contribution >= 4 is 11.6 Å². The predicted molar refractivity (Wildman–Crippen MR) is 83.0 cm³/mol. The van der Waals surface area contributed by atoms with Crippen molar-refractivity contribution in [3.63, 3.8) is 0 Å². The van der Waals surface area contributed by atoms with Crippen LogP contribution in [-0.2, 0) is 11.2 Å². The molecule has 0 spiro atoms. The second kappa shape index (κ2) is 6.75. The van der Waals surface area contributed by atoms with Gasteiger partial charge in [0.1, 0.15) is 6.10 Å². The van der Waals surface area contributed by atoms with E-state index in [1.54, 1.807) is 21.3 Å². The number of halogens is 1. The van der Waals surface area contributed by atoms with Crippen molar-refractivity contribution < 1.29 is 18.9 Å². The quantitative estimate of drug-likeness (QED) is 0.796. The molecule has 1 aliphatic rings. The second-order valence-corrected chi connectivity index (χ2v) is 6.15. The van der Waals surface area contributed by atoms with Gasteiger partial charge in [-0.05, 0) is 30.9 Å². The third kappa shape index (κ3) is 3.06. The van der Waals surface area contributed by atoms with Crippen molar-refractivity contribution in [2.24, 2.45) is 5.92 Å². The van der Waals surface area contributed by atoms with Crippen LogP contribution >= 0.6 is 11.6 Å². The van der Waals surface area contributed by atoms with Crippen LogP contribution in [0.15, 0.2) is 6.07 Å². The Hall–Kier alpha value is -1.13. The molecular weight excluding hydrogens is 292 g/mol. The maximum Gasteiger partial charge on any atom is 0.203 e. The van der Waals surface area contributed by atoms with Gasteiger partial charge in [-0.3, -0.25) is 0 Å². The standard InChI is InChI=1S/C16H23ClO4/c1-9-6-11-7-12(18-3)15(19-4)16(20-5)13(11)14(10(2)17)21-8-9/h7,9-10,14H,6,8H2,1-5H3. The van der Waals surface area contributed by atoms with Gasteiger partial charge < -0.3 is 18.9 Å². The minimum absolute atomic E-state index is 0.166. The number of hydrogen-bond acceptors (Lipinski definition) is 4. The van der Waals surface area contributed by atoms with Crippen molar-refractivity contribution in [2.45, 2.75) is 31.7 Å². The highest BCUT2D eigenvalue weighted by molar-refractivity contribution is 6.20. The van der Waals surface area contributed by atoms with E-state index in [-0.39, 0.29) is 11.5 Å². The molecule has 4 nitrogen and oxygen atoms in total. The number of ether oxygens (including phenoxy) is 4. The molecular formula is C16H23ClO4. The largest absolute Gasteiger partial charge is 0.493 e. The second-order valence-electron chi connectivity index (χ2n) is 5.46. The van der Waals surface area contributed by atoms with Crippen LogP contribution in [0.4, 0.5) is 0 Å². The van der Waals surface area contributed by atoms with E-state index >= 15 is 0 Å². The van der Waals surface area contributed by atoms with E-state index in [9.17, 15) is 0 Å². The van der Waals surface area contributed by atoms with Crippen LogP contribution in [0.25, 0.3) is 0 Å². The topological polar surface area (TPSA) is 36.9 Å². The minimum atomic E-state index is -0.221. The highest BCUT2D eigenvalue weighted by Crippen LogP contribution is 2.48. The Morgan fingerprint density at radius 2 is 1.86 bits per heavy atom. The third-order valence-corrected chi connectivity index (χ3v) is 4.01. The van der Waals surface area contributed by atoms with Crippen LogP contribution in [0.5, 0.6) is 17.2 Å². The number of benzene rings is 1. The molecule has 3 unspecified atom stereocenters. The van der Waals surface area contributed by atoms with E-state index in [0.717, 1.165) is 17.5 Å². The average Bonchev–Trinajstić information content (AvgIpc) is 2.63. The Morgan fingerprint density at radius 1 is 1.19 bits per heavy atom. The van der Waals surface area contributed by atoms with E-state index in [0.29, 0.717) is 29.8 Å². The molecule has 0 fully saturated rings. The van der Waals surface area contributed by atoms with Gasteiger partial charge in [-0.25, -0.2) is 0 Å². The number of methoxy groups -OCH3 is 3. The Kier molecular flexibility index (Phi) is 5.22. The Bertz CT molecular complexity index is 502.